The van der Waals surface area contributed by atoms with Gasteiger partial charge < -0.3 is 15.4 Å². The molecule has 0 heterocycles. The first-order valence-electron chi connectivity index (χ1n) is 8.23. The Labute approximate surface area is 149 Å². The van der Waals surface area contributed by atoms with Gasteiger partial charge >= 0.3 is 0 Å². The summed E-state index contributed by atoms with van der Waals surface area (Å²) < 4.78 is 5.41. The lowest BCUT2D eigenvalue weighted by atomic mass is 10.1. The Morgan fingerprint density at radius 2 is 1.92 bits per heavy atom. The Hall–Kier alpha value is -3.00. The minimum absolute atomic E-state index is 0.652. The summed E-state index contributed by atoms with van der Waals surface area (Å²) in [5.74, 6) is 1.66. The van der Waals surface area contributed by atoms with Gasteiger partial charge in [0, 0.05) is 20.1 Å². The van der Waals surface area contributed by atoms with Gasteiger partial charge in [0.05, 0.1) is 18.7 Å². The van der Waals surface area contributed by atoms with E-state index in [9.17, 15) is 0 Å². The van der Waals surface area contributed by atoms with Gasteiger partial charge in [0.2, 0.25) is 0 Å². The van der Waals surface area contributed by atoms with Crippen LogP contribution in [0.3, 0.4) is 0 Å². The summed E-state index contributed by atoms with van der Waals surface area (Å²) in [5.41, 5.74) is 4.16. The third kappa shape index (κ3) is 5.54. The largest absolute Gasteiger partial charge is 0.496 e. The highest BCUT2D eigenvalue weighted by atomic mass is 16.5. The van der Waals surface area contributed by atoms with Crippen molar-refractivity contribution in [2.45, 2.75) is 19.9 Å². The predicted molar refractivity (Wildman–Crippen MR) is 101 cm³/mol. The number of nitrogens with one attached hydrogen (secondary N) is 2. The topological polar surface area (TPSA) is 69.4 Å². The summed E-state index contributed by atoms with van der Waals surface area (Å²) in [7, 11) is 3.45. The molecule has 2 aromatic carbocycles. The summed E-state index contributed by atoms with van der Waals surface area (Å²) in [6.07, 6.45) is 0.850. The fourth-order valence-corrected chi connectivity index (χ4v) is 2.52. The van der Waals surface area contributed by atoms with Crippen LogP contribution in [0, 0.1) is 18.3 Å². The van der Waals surface area contributed by atoms with E-state index in [0.717, 1.165) is 30.2 Å². The smallest absolute Gasteiger partial charge is 0.191 e. The highest BCUT2D eigenvalue weighted by Gasteiger charge is 2.04. The van der Waals surface area contributed by atoms with Crippen LogP contribution in [0.1, 0.15) is 22.3 Å². The number of aliphatic imine (C=N–C) groups is 1. The molecule has 0 radical (unpaired) electrons. The number of ether oxygens (including phenoxy) is 1. The number of methoxy groups -OCH3 is 1. The van der Waals surface area contributed by atoms with E-state index in [-0.39, 0.29) is 0 Å². The number of hydrogen-bond acceptors (Lipinski definition) is 3. The molecule has 2 rings (SSSR count). The normalized spacial score (nSPS) is 10.9. The van der Waals surface area contributed by atoms with E-state index in [4.69, 9.17) is 10.00 Å². The number of rotatable bonds is 6. The van der Waals surface area contributed by atoms with Crippen molar-refractivity contribution in [2.24, 2.45) is 4.99 Å². The van der Waals surface area contributed by atoms with Gasteiger partial charge in [-0.3, -0.25) is 4.99 Å². The van der Waals surface area contributed by atoms with Gasteiger partial charge in [-0.2, -0.15) is 5.26 Å². The molecule has 5 heteroatoms. The van der Waals surface area contributed by atoms with Crippen LogP contribution in [0.15, 0.2) is 47.5 Å². The van der Waals surface area contributed by atoms with Gasteiger partial charge in [0.1, 0.15) is 5.75 Å². The number of nitrogens with zero attached hydrogens (tertiary/aromatic N) is 2. The first kappa shape index (κ1) is 18.3. The number of aryl methyl sites for hydroxylation is 1. The van der Waals surface area contributed by atoms with E-state index in [1.807, 2.05) is 36.4 Å². The molecule has 0 unspecified atom stereocenters. The molecular formula is C20H24N4O. The number of guanidine groups is 1. The Kier molecular flexibility index (Phi) is 6.85. The van der Waals surface area contributed by atoms with Gasteiger partial charge in [-0.05, 0) is 42.7 Å². The number of hydrogen-bond donors (Lipinski definition) is 2. The molecule has 0 aliphatic heterocycles. The minimum Gasteiger partial charge on any atom is -0.496 e. The first-order chi connectivity index (χ1) is 12.2. The zero-order valence-electron chi connectivity index (χ0n) is 15.0. The second kappa shape index (κ2) is 9.33. The predicted octanol–water partition coefficient (Wildman–Crippen LogP) is 2.78. The Bertz CT molecular complexity index is 760. The molecule has 2 aromatic rings. The van der Waals surface area contributed by atoms with Crippen molar-refractivity contribution >= 4 is 5.96 Å². The van der Waals surface area contributed by atoms with Crippen LogP contribution in [-0.2, 0) is 13.0 Å². The van der Waals surface area contributed by atoms with Gasteiger partial charge in [-0.1, -0.05) is 29.8 Å². The highest BCUT2D eigenvalue weighted by Crippen LogP contribution is 2.19. The molecule has 0 amide bonds. The molecule has 25 heavy (non-hydrogen) atoms. The molecule has 0 bridgehead atoms. The van der Waals surface area contributed by atoms with E-state index in [2.05, 4.69) is 34.7 Å². The lowest BCUT2D eigenvalue weighted by Gasteiger charge is -2.13. The molecule has 5 nitrogen and oxygen atoms in total. The van der Waals surface area contributed by atoms with Crippen molar-refractivity contribution in [3.05, 3.63) is 64.7 Å². The van der Waals surface area contributed by atoms with E-state index >= 15 is 0 Å². The average Bonchev–Trinajstić information content (AvgIpc) is 2.65. The second-order valence-corrected chi connectivity index (χ2v) is 5.73. The van der Waals surface area contributed by atoms with E-state index < -0.39 is 0 Å². The van der Waals surface area contributed by atoms with Gasteiger partial charge in [-0.15, -0.1) is 0 Å². The summed E-state index contributed by atoms with van der Waals surface area (Å²) >= 11 is 0. The Balaban J connectivity index is 1.84. The lowest BCUT2D eigenvalue weighted by Crippen LogP contribution is -2.37. The zero-order valence-corrected chi connectivity index (χ0v) is 15.0. The Morgan fingerprint density at radius 1 is 1.16 bits per heavy atom. The van der Waals surface area contributed by atoms with Crippen LogP contribution < -0.4 is 15.4 Å². The van der Waals surface area contributed by atoms with Crippen molar-refractivity contribution in [1.29, 1.82) is 5.26 Å². The molecule has 0 fully saturated rings. The Morgan fingerprint density at radius 3 is 2.56 bits per heavy atom. The monoisotopic (exact) mass is 336 g/mol. The molecule has 0 spiro atoms. The van der Waals surface area contributed by atoms with E-state index in [0.29, 0.717) is 12.1 Å². The molecule has 0 atom stereocenters. The van der Waals surface area contributed by atoms with Gasteiger partial charge in [-0.25, -0.2) is 0 Å². The van der Waals surface area contributed by atoms with Crippen molar-refractivity contribution in [2.75, 3.05) is 20.7 Å². The molecule has 2 N–H and O–H groups in total. The van der Waals surface area contributed by atoms with Crippen molar-refractivity contribution in [1.82, 2.24) is 10.6 Å². The maximum atomic E-state index is 8.83. The fourth-order valence-electron chi connectivity index (χ4n) is 2.52. The van der Waals surface area contributed by atoms with Crippen molar-refractivity contribution in [3.63, 3.8) is 0 Å². The van der Waals surface area contributed by atoms with Crippen LogP contribution in [0.25, 0.3) is 0 Å². The fraction of sp³-hybridized carbons (Fsp3) is 0.300. The van der Waals surface area contributed by atoms with E-state index in [1.54, 1.807) is 14.2 Å². The van der Waals surface area contributed by atoms with Crippen molar-refractivity contribution in [3.8, 4) is 11.8 Å². The molecule has 0 saturated carbocycles. The summed E-state index contributed by atoms with van der Waals surface area (Å²) in [5, 5.41) is 15.4. The molecule has 0 aliphatic rings. The average molecular weight is 336 g/mol. The second-order valence-electron chi connectivity index (χ2n) is 5.73. The van der Waals surface area contributed by atoms with Crippen LogP contribution in [-0.4, -0.2) is 26.7 Å². The van der Waals surface area contributed by atoms with Crippen LogP contribution in [0.4, 0.5) is 0 Å². The standard InChI is InChI=1S/C20H24N4O/c1-15-4-9-19(25-3)18(12-15)10-11-23-20(22-2)24-14-17-7-5-16(13-21)6-8-17/h4-9,12H,10-11,14H2,1-3H3,(H2,22,23,24). The maximum Gasteiger partial charge on any atom is 0.191 e. The SMILES string of the molecule is CN=C(NCCc1cc(C)ccc1OC)NCc1ccc(C#N)cc1. The molecule has 130 valence electrons. The third-order valence-electron chi connectivity index (χ3n) is 3.89. The quantitative estimate of drug-likeness (QED) is 0.629. The summed E-state index contributed by atoms with van der Waals surface area (Å²) in [4.78, 5) is 4.24. The zero-order chi connectivity index (χ0) is 18.1. The molecular weight excluding hydrogens is 312 g/mol. The highest BCUT2D eigenvalue weighted by molar-refractivity contribution is 5.79. The lowest BCUT2D eigenvalue weighted by molar-refractivity contribution is 0.409. The molecule has 0 saturated heterocycles. The van der Waals surface area contributed by atoms with E-state index in [1.165, 1.54) is 11.1 Å². The van der Waals surface area contributed by atoms with Crippen LogP contribution >= 0.6 is 0 Å². The minimum atomic E-state index is 0.652. The molecule has 0 aromatic heterocycles. The van der Waals surface area contributed by atoms with Crippen LogP contribution in [0.2, 0.25) is 0 Å². The van der Waals surface area contributed by atoms with Crippen molar-refractivity contribution < 1.29 is 4.74 Å². The summed E-state index contributed by atoms with van der Waals surface area (Å²) in [6, 6.07) is 15.8. The third-order valence-corrected chi connectivity index (χ3v) is 3.89. The number of benzene rings is 2. The first-order valence-corrected chi connectivity index (χ1v) is 8.23. The summed E-state index contributed by atoms with van der Waals surface area (Å²) in [6.45, 7) is 3.49. The van der Waals surface area contributed by atoms with Gasteiger partial charge in [0.25, 0.3) is 0 Å². The number of nitriles is 1. The van der Waals surface area contributed by atoms with Crippen LogP contribution in [0.5, 0.6) is 5.75 Å². The maximum absolute atomic E-state index is 8.83. The molecule has 0 aliphatic carbocycles. The van der Waals surface area contributed by atoms with Gasteiger partial charge in [0.15, 0.2) is 5.96 Å².